The van der Waals surface area contributed by atoms with Crippen molar-refractivity contribution in [1.29, 1.82) is 0 Å². The van der Waals surface area contributed by atoms with Crippen molar-refractivity contribution in [3.63, 3.8) is 0 Å². The van der Waals surface area contributed by atoms with Gasteiger partial charge in [0.1, 0.15) is 10.4 Å². The number of aromatic nitrogens is 2. The lowest BCUT2D eigenvalue weighted by Crippen LogP contribution is -2.41. The molecule has 14 heavy (non-hydrogen) atoms. The molecule has 0 atom stereocenters. The second-order valence-corrected chi connectivity index (χ2v) is 5.45. The van der Waals surface area contributed by atoms with E-state index in [9.17, 15) is 0 Å². The smallest absolute Gasteiger partial charge is 0.144 e. The van der Waals surface area contributed by atoms with Crippen LogP contribution in [0.25, 0.3) is 0 Å². The highest BCUT2D eigenvalue weighted by molar-refractivity contribution is 9.10. The van der Waals surface area contributed by atoms with E-state index in [0.717, 1.165) is 10.4 Å². The minimum absolute atomic E-state index is 0.500. The number of anilines is 1. The Labute approximate surface area is 92.5 Å². The SMILES string of the molecule is CC1(C)CC(Nc2cnc(Br)cn2)C1. The largest absolute Gasteiger partial charge is 0.366 e. The molecule has 1 aliphatic rings. The zero-order valence-corrected chi connectivity index (χ0v) is 10.0. The van der Waals surface area contributed by atoms with E-state index in [1.165, 1.54) is 12.8 Å². The third-order valence-electron chi connectivity index (χ3n) is 2.57. The quantitative estimate of drug-likeness (QED) is 0.884. The lowest BCUT2D eigenvalue weighted by molar-refractivity contribution is 0.167. The van der Waals surface area contributed by atoms with Crippen molar-refractivity contribution in [2.75, 3.05) is 5.32 Å². The molecule has 0 spiro atoms. The lowest BCUT2D eigenvalue weighted by atomic mass is 9.68. The van der Waals surface area contributed by atoms with Crippen LogP contribution in [0.15, 0.2) is 17.0 Å². The molecule has 0 radical (unpaired) electrons. The Hall–Kier alpha value is -0.640. The van der Waals surface area contributed by atoms with Crippen LogP contribution in [0, 0.1) is 5.41 Å². The van der Waals surface area contributed by atoms with E-state index in [1.807, 2.05) is 0 Å². The predicted molar refractivity (Wildman–Crippen MR) is 60.2 cm³/mol. The maximum atomic E-state index is 4.23. The summed E-state index contributed by atoms with van der Waals surface area (Å²) in [5.41, 5.74) is 0.500. The molecular weight excluding hydrogens is 242 g/mol. The van der Waals surface area contributed by atoms with Crippen LogP contribution in [0.3, 0.4) is 0 Å². The molecule has 0 saturated heterocycles. The van der Waals surface area contributed by atoms with Crippen LogP contribution in [0.1, 0.15) is 26.7 Å². The minimum atomic E-state index is 0.500. The number of rotatable bonds is 2. The van der Waals surface area contributed by atoms with Gasteiger partial charge in [0.15, 0.2) is 0 Å². The second-order valence-electron chi connectivity index (χ2n) is 4.64. The van der Waals surface area contributed by atoms with Crippen molar-refractivity contribution >= 4 is 21.7 Å². The molecule has 1 N–H and O–H groups in total. The molecule has 1 aromatic heterocycles. The van der Waals surface area contributed by atoms with Crippen molar-refractivity contribution in [3.05, 3.63) is 17.0 Å². The van der Waals surface area contributed by atoms with E-state index >= 15 is 0 Å². The maximum Gasteiger partial charge on any atom is 0.144 e. The molecule has 4 heteroatoms. The van der Waals surface area contributed by atoms with Gasteiger partial charge in [-0.2, -0.15) is 0 Å². The van der Waals surface area contributed by atoms with E-state index in [2.05, 4.69) is 45.1 Å². The highest BCUT2D eigenvalue weighted by atomic mass is 79.9. The van der Waals surface area contributed by atoms with Crippen LogP contribution in [-0.4, -0.2) is 16.0 Å². The highest BCUT2D eigenvalue weighted by Gasteiger charge is 2.35. The van der Waals surface area contributed by atoms with Crippen LogP contribution in [0.4, 0.5) is 5.82 Å². The summed E-state index contributed by atoms with van der Waals surface area (Å²) in [5.74, 6) is 0.869. The molecule has 76 valence electrons. The molecule has 1 saturated carbocycles. The molecule has 0 unspecified atom stereocenters. The monoisotopic (exact) mass is 255 g/mol. The topological polar surface area (TPSA) is 37.8 Å². The van der Waals surface area contributed by atoms with Gasteiger partial charge < -0.3 is 5.32 Å². The number of halogens is 1. The zero-order valence-electron chi connectivity index (χ0n) is 8.42. The fourth-order valence-electron chi connectivity index (χ4n) is 1.97. The molecule has 3 nitrogen and oxygen atoms in total. The van der Waals surface area contributed by atoms with Crippen molar-refractivity contribution in [2.24, 2.45) is 5.41 Å². The Morgan fingerprint density at radius 2 is 2.07 bits per heavy atom. The first-order valence-electron chi connectivity index (χ1n) is 4.79. The third-order valence-corrected chi connectivity index (χ3v) is 2.98. The summed E-state index contributed by atoms with van der Waals surface area (Å²) in [6.07, 6.45) is 5.90. The van der Waals surface area contributed by atoms with Crippen molar-refractivity contribution in [3.8, 4) is 0 Å². The third kappa shape index (κ3) is 2.23. The molecule has 2 rings (SSSR count). The highest BCUT2D eigenvalue weighted by Crippen LogP contribution is 2.41. The zero-order chi connectivity index (χ0) is 10.2. The first-order chi connectivity index (χ1) is 6.55. The summed E-state index contributed by atoms with van der Waals surface area (Å²) >= 11 is 3.26. The molecule has 0 amide bonds. The average Bonchev–Trinajstić information content (AvgIpc) is 2.06. The molecule has 1 aliphatic carbocycles. The van der Waals surface area contributed by atoms with E-state index < -0.39 is 0 Å². The van der Waals surface area contributed by atoms with Crippen LogP contribution in [0.2, 0.25) is 0 Å². The summed E-state index contributed by atoms with van der Waals surface area (Å²) in [5, 5.41) is 3.37. The van der Waals surface area contributed by atoms with Crippen LogP contribution in [-0.2, 0) is 0 Å². The fraction of sp³-hybridized carbons (Fsp3) is 0.600. The van der Waals surface area contributed by atoms with Gasteiger partial charge in [0, 0.05) is 6.04 Å². The number of nitrogens with zero attached hydrogens (tertiary/aromatic N) is 2. The van der Waals surface area contributed by atoms with Crippen LogP contribution < -0.4 is 5.32 Å². The van der Waals surface area contributed by atoms with Gasteiger partial charge in [0.05, 0.1) is 12.4 Å². The van der Waals surface area contributed by atoms with Gasteiger partial charge in [-0.15, -0.1) is 0 Å². The standard InChI is InChI=1S/C10H14BrN3/c1-10(2)3-7(4-10)14-9-6-12-8(11)5-13-9/h5-7H,3-4H2,1-2H3,(H,13,14). The number of hydrogen-bond donors (Lipinski definition) is 1. The summed E-state index contributed by atoms with van der Waals surface area (Å²) in [6, 6.07) is 0.570. The Morgan fingerprint density at radius 1 is 1.36 bits per heavy atom. The lowest BCUT2D eigenvalue weighted by Gasteiger charge is -2.43. The summed E-state index contributed by atoms with van der Waals surface area (Å²) in [7, 11) is 0. The summed E-state index contributed by atoms with van der Waals surface area (Å²) in [4.78, 5) is 8.35. The van der Waals surface area contributed by atoms with Gasteiger partial charge in [-0.05, 0) is 34.2 Å². The fourth-order valence-corrected chi connectivity index (χ4v) is 2.18. The Kier molecular flexibility index (Phi) is 2.47. The number of hydrogen-bond acceptors (Lipinski definition) is 3. The molecule has 1 aromatic rings. The van der Waals surface area contributed by atoms with Crippen LogP contribution in [0.5, 0.6) is 0 Å². The van der Waals surface area contributed by atoms with Gasteiger partial charge >= 0.3 is 0 Å². The normalized spacial score (nSPS) is 20.2. The van der Waals surface area contributed by atoms with Gasteiger partial charge in [-0.25, -0.2) is 9.97 Å². The molecule has 1 heterocycles. The number of nitrogens with one attached hydrogen (secondary N) is 1. The maximum absolute atomic E-state index is 4.23. The van der Waals surface area contributed by atoms with Crippen molar-refractivity contribution in [1.82, 2.24) is 9.97 Å². The average molecular weight is 256 g/mol. The first-order valence-corrected chi connectivity index (χ1v) is 5.59. The van der Waals surface area contributed by atoms with E-state index in [-0.39, 0.29) is 0 Å². The molecule has 0 bridgehead atoms. The van der Waals surface area contributed by atoms with E-state index in [4.69, 9.17) is 0 Å². The molecular formula is C10H14BrN3. The molecule has 0 aliphatic heterocycles. The second kappa shape index (κ2) is 3.50. The van der Waals surface area contributed by atoms with Crippen molar-refractivity contribution in [2.45, 2.75) is 32.7 Å². The van der Waals surface area contributed by atoms with Crippen LogP contribution >= 0.6 is 15.9 Å². The Bertz CT molecular complexity index is 313. The van der Waals surface area contributed by atoms with E-state index in [1.54, 1.807) is 12.4 Å². The first kappa shape index (κ1) is 9.90. The van der Waals surface area contributed by atoms with Gasteiger partial charge in [0.25, 0.3) is 0 Å². The molecule has 1 fully saturated rings. The van der Waals surface area contributed by atoms with Crippen molar-refractivity contribution < 1.29 is 0 Å². The van der Waals surface area contributed by atoms with Gasteiger partial charge in [-0.3, -0.25) is 0 Å². The van der Waals surface area contributed by atoms with E-state index in [0.29, 0.717) is 11.5 Å². The summed E-state index contributed by atoms with van der Waals surface area (Å²) < 4.78 is 0.775. The Balaban J connectivity index is 1.90. The summed E-state index contributed by atoms with van der Waals surface area (Å²) in [6.45, 7) is 4.58. The molecule has 0 aromatic carbocycles. The minimum Gasteiger partial charge on any atom is -0.366 e. The predicted octanol–water partition coefficient (Wildman–Crippen LogP) is 2.84. The van der Waals surface area contributed by atoms with Gasteiger partial charge in [0.2, 0.25) is 0 Å². The van der Waals surface area contributed by atoms with Gasteiger partial charge in [-0.1, -0.05) is 13.8 Å². The Morgan fingerprint density at radius 3 is 2.57 bits per heavy atom.